The molecule has 1 atom stereocenters. The van der Waals surface area contributed by atoms with Gasteiger partial charge in [-0.15, -0.1) is 0 Å². The maximum absolute atomic E-state index is 13.0. The third kappa shape index (κ3) is 3.06. The standard InChI is InChI=1S/C26H23N5O3/c1-29-10-9-15-11-17(4-6-20(15)29)24-23(27-14-30(24)2)16-3-5-19-18(12-16)13-31(26(19)34)21-7-8-22(32)28-25(21)33/h3-6,9-12,14,21H,7-8,13H2,1-2H3,(H,28,32,33). The van der Waals surface area contributed by atoms with Crippen LogP contribution in [-0.4, -0.2) is 42.8 Å². The monoisotopic (exact) mass is 453 g/mol. The lowest BCUT2D eigenvalue weighted by Crippen LogP contribution is -2.52. The maximum Gasteiger partial charge on any atom is 0.255 e. The molecule has 0 spiro atoms. The van der Waals surface area contributed by atoms with Gasteiger partial charge < -0.3 is 14.0 Å². The number of carbonyl (C=O) groups is 3. The molecule has 3 amide bonds. The normalized spacial score (nSPS) is 18.0. The van der Waals surface area contributed by atoms with Crippen LogP contribution in [0, 0.1) is 0 Å². The number of nitrogens with one attached hydrogen (secondary N) is 1. The molecule has 1 N–H and O–H groups in total. The Morgan fingerprint density at radius 1 is 0.971 bits per heavy atom. The Balaban J connectivity index is 1.36. The van der Waals surface area contributed by atoms with Crippen LogP contribution in [0.1, 0.15) is 28.8 Å². The van der Waals surface area contributed by atoms with E-state index in [1.807, 2.05) is 43.1 Å². The van der Waals surface area contributed by atoms with Gasteiger partial charge in [-0.3, -0.25) is 19.7 Å². The number of fused-ring (bicyclic) bond motifs is 2. The summed E-state index contributed by atoms with van der Waals surface area (Å²) in [6, 6.07) is 13.6. The van der Waals surface area contributed by atoms with Crippen molar-refractivity contribution in [2.45, 2.75) is 25.4 Å². The first kappa shape index (κ1) is 20.4. The van der Waals surface area contributed by atoms with Crippen molar-refractivity contribution >= 4 is 28.6 Å². The molecule has 1 unspecified atom stereocenters. The molecule has 1 saturated heterocycles. The van der Waals surface area contributed by atoms with Crippen molar-refractivity contribution < 1.29 is 14.4 Å². The number of amides is 3. The van der Waals surface area contributed by atoms with Crippen LogP contribution in [-0.2, 0) is 30.2 Å². The third-order valence-electron chi connectivity index (χ3n) is 6.89. The minimum Gasteiger partial charge on any atom is -0.351 e. The molecule has 0 bridgehead atoms. The van der Waals surface area contributed by atoms with Crippen LogP contribution in [0.15, 0.2) is 55.0 Å². The van der Waals surface area contributed by atoms with Crippen LogP contribution < -0.4 is 5.32 Å². The highest BCUT2D eigenvalue weighted by Crippen LogP contribution is 2.36. The molecule has 0 saturated carbocycles. The third-order valence-corrected chi connectivity index (χ3v) is 6.89. The lowest BCUT2D eigenvalue weighted by Gasteiger charge is -2.29. The van der Waals surface area contributed by atoms with Gasteiger partial charge in [0.2, 0.25) is 11.8 Å². The van der Waals surface area contributed by atoms with E-state index < -0.39 is 11.9 Å². The summed E-state index contributed by atoms with van der Waals surface area (Å²) in [6.07, 6.45) is 4.44. The summed E-state index contributed by atoms with van der Waals surface area (Å²) in [6.45, 7) is 0.340. The van der Waals surface area contributed by atoms with Gasteiger partial charge in [0.25, 0.3) is 5.91 Å². The van der Waals surface area contributed by atoms with E-state index in [2.05, 4.69) is 39.1 Å². The Bertz CT molecular complexity index is 1510. The molecule has 4 aromatic rings. The van der Waals surface area contributed by atoms with E-state index >= 15 is 0 Å². The first-order chi connectivity index (χ1) is 16.4. The fourth-order valence-electron chi connectivity index (χ4n) is 5.13. The number of hydrogen-bond acceptors (Lipinski definition) is 4. The molecule has 8 nitrogen and oxygen atoms in total. The van der Waals surface area contributed by atoms with Crippen LogP contribution in [0.5, 0.6) is 0 Å². The summed E-state index contributed by atoms with van der Waals surface area (Å²) in [4.78, 5) is 43.1. The van der Waals surface area contributed by atoms with Gasteiger partial charge in [0.15, 0.2) is 0 Å². The highest BCUT2D eigenvalue weighted by molar-refractivity contribution is 6.05. The van der Waals surface area contributed by atoms with Crippen LogP contribution in [0.25, 0.3) is 33.4 Å². The second kappa shape index (κ2) is 7.41. The molecule has 2 aliphatic heterocycles. The zero-order valence-electron chi connectivity index (χ0n) is 18.9. The quantitative estimate of drug-likeness (QED) is 0.483. The Labute approximate surface area is 195 Å². The van der Waals surface area contributed by atoms with E-state index in [4.69, 9.17) is 0 Å². The molecule has 34 heavy (non-hydrogen) atoms. The highest BCUT2D eigenvalue weighted by atomic mass is 16.2. The lowest BCUT2D eigenvalue weighted by molar-refractivity contribution is -0.136. The van der Waals surface area contributed by atoms with Crippen LogP contribution in [0.4, 0.5) is 0 Å². The Hall–Kier alpha value is -4.20. The molecule has 2 aromatic carbocycles. The molecule has 8 heteroatoms. The van der Waals surface area contributed by atoms with E-state index in [1.54, 1.807) is 11.2 Å². The Morgan fingerprint density at radius 3 is 2.62 bits per heavy atom. The number of hydrogen-bond donors (Lipinski definition) is 1. The fourth-order valence-corrected chi connectivity index (χ4v) is 5.13. The van der Waals surface area contributed by atoms with E-state index in [1.165, 1.54) is 0 Å². The van der Waals surface area contributed by atoms with Gasteiger partial charge >= 0.3 is 0 Å². The highest BCUT2D eigenvalue weighted by Gasteiger charge is 2.39. The predicted octanol–water partition coefficient (Wildman–Crippen LogP) is 3.01. The molecule has 170 valence electrons. The summed E-state index contributed by atoms with van der Waals surface area (Å²) in [5.41, 5.74) is 6.44. The lowest BCUT2D eigenvalue weighted by atomic mass is 10.00. The average molecular weight is 454 g/mol. The van der Waals surface area contributed by atoms with E-state index in [9.17, 15) is 14.4 Å². The molecule has 2 aromatic heterocycles. The van der Waals surface area contributed by atoms with Gasteiger partial charge in [0.1, 0.15) is 6.04 Å². The smallest absolute Gasteiger partial charge is 0.255 e. The zero-order chi connectivity index (χ0) is 23.6. The van der Waals surface area contributed by atoms with Crippen LogP contribution >= 0.6 is 0 Å². The van der Waals surface area contributed by atoms with Crippen molar-refractivity contribution in [3.8, 4) is 22.5 Å². The fraction of sp³-hybridized carbons (Fsp3) is 0.231. The van der Waals surface area contributed by atoms with Crippen molar-refractivity contribution in [3.05, 3.63) is 66.1 Å². The Kier molecular flexibility index (Phi) is 4.45. The molecular weight excluding hydrogens is 430 g/mol. The van der Waals surface area contributed by atoms with Gasteiger partial charge in [-0.2, -0.15) is 0 Å². The van der Waals surface area contributed by atoms with E-state index in [0.717, 1.165) is 39.0 Å². The average Bonchev–Trinajstić information content (AvgIpc) is 3.49. The number of carbonyl (C=O) groups excluding carboxylic acids is 3. The largest absolute Gasteiger partial charge is 0.351 e. The molecule has 1 fully saturated rings. The van der Waals surface area contributed by atoms with Gasteiger partial charge in [-0.1, -0.05) is 12.1 Å². The summed E-state index contributed by atoms with van der Waals surface area (Å²) >= 11 is 0. The maximum atomic E-state index is 13.0. The van der Waals surface area contributed by atoms with E-state index in [0.29, 0.717) is 18.5 Å². The van der Waals surface area contributed by atoms with Crippen molar-refractivity contribution in [2.75, 3.05) is 0 Å². The molecule has 6 rings (SSSR count). The molecular formula is C26H23N5O3. The summed E-state index contributed by atoms with van der Waals surface area (Å²) in [7, 11) is 4.00. The van der Waals surface area contributed by atoms with Crippen molar-refractivity contribution in [1.29, 1.82) is 0 Å². The van der Waals surface area contributed by atoms with E-state index in [-0.39, 0.29) is 18.2 Å². The van der Waals surface area contributed by atoms with Gasteiger partial charge in [-0.05, 0) is 42.3 Å². The number of imidazole rings is 1. The molecule has 0 aliphatic carbocycles. The summed E-state index contributed by atoms with van der Waals surface area (Å²) in [5.74, 6) is -0.864. The first-order valence-electron chi connectivity index (χ1n) is 11.3. The number of piperidine rings is 1. The summed E-state index contributed by atoms with van der Waals surface area (Å²) < 4.78 is 4.10. The van der Waals surface area contributed by atoms with Gasteiger partial charge in [0.05, 0.1) is 17.7 Å². The Morgan fingerprint density at radius 2 is 1.79 bits per heavy atom. The summed E-state index contributed by atoms with van der Waals surface area (Å²) in [5, 5.41) is 3.51. The number of rotatable bonds is 3. The number of imide groups is 1. The number of nitrogens with zero attached hydrogens (tertiary/aromatic N) is 4. The van der Waals surface area contributed by atoms with Gasteiger partial charge in [0, 0.05) is 60.9 Å². The van der Waals surface area contributed by atoms with Crippen molar-refractivity contribution in [3.63, 3.8) is 0 Å². The van der Waals surface area contributed by atoms with Gasteiger partial charge in [-0.25, -0.2) is 4.98 Å². The topological polar surface area (TPSA) is 89.2 Å². The molecule has 4 heterocycles. The molecule has 0 radical (unpaired) electrons. The number of aryl methyl sites for hydroxylation is 2. The first-order valence-corrected chi connectivity index (χ1v) is 11.3. The number of benzene rings is 2. The second-order valence-electron chi connectivity index (χ2n) is 9.02. The molecule has 2 aliphatic rings. The van der Waals surface area contributed by atoms with Crippen LogP contribution in [0.2, 0.25) is 0 Å². The van der Waals surface area contributed by atoms with Crippen molar-refractivity contribution in [1.82, 2.24) is 24.3 Å². The predicted molar refractivity (Wildman–Crippen MR) is 127 cm³/mol. The SMILES string of the molecule is Cn1cnc(-c2ccc3c(c2)CN(C2CCC(=O)NC2=O)C3=O)c1-c1ccc2c(ccn2C)c1. The number of aromatic nitrogens is 3. The second-order valence-corrected chi connectivity index (χ2v) is 9.02. The van der Waals surface area contributed by atoms with Crippen LogP contribution in [0.3, 0.4) is 0 Å². The zero-order valence-corrected chi connectivity index (χ0v) is 18.9. The minimum absolute atomic E-state index is 0.174. The minimum atomic E-state index is -0.621. The van der Waals surface area contributed by atoms with Crippen molar-refractivity contribution in [2.24, 2.45) is 14.1 Å².